The van der Waals surface area contributed by atoms with Crippen LogP contribution in [0.25, 0.3) is 0 Å². The molecule has 0 aliphatic carbocycles. The van der Waals surface area contributed by atoms with Gasteiger partial charge in [-0.25, -0.2) is 4.79 Å². The molecule has 0 bridgehead atoms. The highest BCUT2D eigenvalue weighted by molar-refractivity contribution is 6.33. The van der Waals surface area contributed by atoms with Gasteiger partial charge in [-0.15, -0.1) is 0 Å². The Hall–Kier alpha value is -2.99. The second-order valence-electron chi connectivity index (χ2n) is 6.49. The van der Waals surface area contributed by atoms with Gasteiger partial charge in [-0.1, -0.05) is 35.9 Å². The number of hydrogen-bond acceptors (Lipinski definition) is 3. The van der Waals surface area contributed by atoms with Gasteiger partial charge in [-0.2, -0.15) is 0 Å². The molecule has 3 N–H and O–H groups in total. The first-order chi connectivity index (χ1) is 12.9. The molecule has 0 saturated heterocycles. The summed E-state index contributed by atoms with van der Waals surface area (Å²) in [6, 6.07) is 13.8. The Labute approximate surface area is 163 Å². The van der Waals surface area contributed by atoms with Gasteiger partial charge in [-0.05, 0) is 36.8 Å². The molecule has 3 rings (SSSR count). The number of nitrogens with zero attached hydrogens (tertiary/aromatic N) is 1. The number of rotatable bonds is 4. The van der Waals surface area contributed by atoms with E-state index >= 15 is 0 Å². The lowest BCUT2D eigenvalue weighted by Crippen LogP contribution is -2.46. The lowest BCUT2D eigenvalue weighted by atomic mass is 9.94. The van der Waals surface area contributed by atoms with Crippen LogP contribution in [0.3, 0.4) is 0 Å². The maximum Gasteiger partial charge on any atom is 0.319 e. The van der Waals surface area contributed by atoms with E-state index in [-0.39, 0.29) is 11.9 Å². The SMILES string of the molecule is CC1=C(C(=O)Nc2ccccc2Cl)[C@@H](c2ccc(N(C)C)cc2)NC(=O)N1. The molecular weight excluding hydrogens is 364 g/mol. The standard InChI is InChI=1S/C20H21ClN4O2/c1-12-17(19(26)23-16-7-5-4-6-15(16)21)18(24-20(27)22-12)13-8-10-14(11-9-13)25(2)3/h4-11,18H,1-3H3,(H,23,26)(H2,22,24,27)/t18-/m1/s1. The van der Waals surface area contributed by atoms with Gasteiger partial charge in [-0.3, -0.25) is 4.79 Å². The zero-order chi connectivity index (χ0) is 19.6. The first-order valence-corrected chi connectivity index (χ1v) is 8.86. The van der Waals surface area contributed by atoms with E-state index in [1.807, 2.05) is 43.3 Å². The fourth-order valence-electron chi connectivity index (χ4n) is 2.96. The summed E-state index contributed by atoms with van der Waals surface area (Å²) in [6.45, 7) is 1.71. The monoisotopic (exact) mass is 384 g/mol. The lowest BCUT2D eigenvalue weighted by Gasteiger charge is -2.29. The largest absolute Gasteiger partial charge is 0.378 e. The Morgan fingerprint density at radius 2 is 1.78 bits per heavy atom. The van der Waals surface area contributed by atoms with Crippen molar-refractivity contribution in [2.45, 2.75) is 13.0 Å². The molecule has 2 aromatic rings. The molecule has 0 radical (unpaired) electrons. The average molecular weight is 385 g/mol. The number of carbonyl (C=O) groups is 2. The maximum atomic E-state index is 13.0. The minimum Gasteiger partial charge on any atom is -0.378 e. The molecule has 6 nitrogen and oxygen atoms in total. The Kier molecular flexibility index (Phi) is 5.37. The number of nitrogens with one attached hydrogen (secondary N) is 3. The zero-order valence-corrected chi connectivity index (χ0v) is 16.1. The molecule has 0 aromatic heterocycles. The van der Waals surface area contributed by atoms with E-state index < -0.39 is 6.04 Å². The van der Waals surface area contributed by atoms with Gasteiger partial charge in [0.15, 0.2) is 0 Å². The molecule has 0 saturated carbocycles. The number of carbonyl (C=O) groups excluding carboxylic acids is 2. The fraction of sp³-hybridized carbons (Fsp3) is 0.200. The Balaban J connectivity index is 1.94. The Morgan fingerprint density at radius 1 is 1.11 bits per heavy atom. The summed E-state index contributed by atoms with van der Waals surface area (Å²) >= 11 is 6.15. The first-order valence-electron chi connectivity index (χ1n) is 8.48. The van der Waals surface area contributed by atoms with E-state index in [0.717, 1.165) is 11.3 Å². The van der Waals surface area contributed by atoms with Crippen LogP contribution >= 0.6 is 11.6 Å². The van der Waals surface area contributed by atoms with E-state index in [1.54, 1.807) is 31.2 Å². The van der Waals surface area contributed by atoms with Crippen molar-refractivity contribution in [3.05, 3.63) is 70.4 Å². The number of allylic oxidation sites excluding steroid dienone is 1. The summed E-state index contributed by atoms with van der Waals surface area (Å²) in [5.41, 5.74) is 3.31. The molecule has 1 atom stereocenters. The number of benzene rings is 2. The number of urea groups is 1. The van der Waals surface area contributed by atoms with Gasteiger partial charge in [0.1, 0.15) is 0 Å². The molecule has 1 heterocycles. The molecule has 0 spiro atoms. The third-order valence-corrected chi connectivity index (χ3v) is 4.71. The zero-order valence-electron chi connectivity index (χ0n) is 15.3. The van der Waals surface area contributed by atoms with E-state index in [1.165, 1.54) is 0 Å². The third-order valence-electron chi connectivity index (χ3n) is 4.38. The fourth-order valence-corrected chi connectivity index (χ4v) is 3.14. The normalized spacial score (nSPS) is 16.4. The predicted octanol–water partition coefficient (Wildman–Crippen LogP) is 3.67. The van der Waals surface area contributed by atoms with Crippen molar-refractivity contribution in [2.75, 3.05) is 24.3 Å². The van der Waals surface area contributed by atoms with Crippen molar-refractivity contribution in [2.24, 2.45) is 0 Å². The quantitative estimate of drug-likeness (QED) is 0.753. The van der Waals surface area contributed by atoms with Gasteiger partial charge in [0.25, 0.3) is 5.91 Å². The third kappa shape index (κ3) is 4.06. The van der Waals surface area contributed by atoms with Crippen LogP contribution < -0.4 is 20.9 Å². The minimum absolute atomic E-state index is 0.324. The van der Waals surface area contributed by atoms with E-state index in [9.17, 15) is 9.59 Å². The van der Waals surface area contributed by atoms with E-state index in [0.29, 0.717) is 22.0 Å². The Bertz CT molecular complexity index is 906. The summed E-state index contributed by atoms with van der Waals surface area (Å²) < 4.78 is 0. The molecule has 27 heavy (non-hydrogen) atoms. The van der Waals surface area contributed by atoms with Crippen LogP contribution in [0.2, 0.25) is 5.02 Å². The predicted molar refractivity (Wildman–Crippen MR) is 108 cm³/mol. The molecule has 1 aliphatic rings. The molecule has 7 heteroatoms. The highest BCUT2D eigenvalue weighted by atomic mass is 35.5. The van der Waals surface area contributed by atoms with Crippen LogP contribution in [-0.2, 0) is 4.79 Å². The second-order valence-corrected chi connectivity index (χ2v) is 6.90. The molecular formula is C20H21ClN4O2. The Morgan fingerprint density at radius 3 is 2.41 bits per heavy atom. The molecule has 0 unspecified atom stereocenters. The topological polar surface area (TPSA) is 73.5 Å². The molecule has 1 aliphatic heterocycles. The van der Waals surface area contributed by atoms with Crippen LogP contribution in [0.1, 0.15) is 18.5 Å². The maximum absolute atomic E-state index is 13.0. The number of anilines is 2. The summed E-state index contributed by atoms with van der Waals surface area (Å²) in [7, 11) is 3.90. The highest BCUT2D eigenvalue weighted by Crippen LogP contribution is 2.30. The van der Waals surface area contributed by atoms with Crippen LogP contribution in [0.4, 0.5) is 16.2 Å². The van der Waals surface area contributed by atoms with E-state index in [2.05, 4.69) is 16.0 Å². The van der Waals surface area contributed by atoms with Crippen LogP contribution in [-0.4, -0.2) is 26.0 Å². The van der Waals surface area contributed by atoms with Gasteiger partial charge in [0.05, 0.1) is 22.3 Å². The van der Waals surface area contributed by atoms with Crippen molar-refractivity contribution in [1.82, 2.24) is 10.6 Å². The summed E-state index contributed by atoms with van der Waals surface area (Å²) in [4.78, 5) is 26.9. The average Bonchev–Trinajstić information content (AvgIpc) is 2.63. The molecule has 140 valence electrons. The molecule has 0 fully saturated rings. The number of para-hydroxylation sites is 1. The smallest absolute Gasteiger partial charge is 0.319 e. The van der Waals surface area contributed by atoms with Crippen LogP contribution in [0.15, 0.2) is 59.8 Å². The summed E-state index contributed by atoms with van der Waals surface area (Å²) in [5.74, 6) is -0.324. The number of halogens is 1. The number of hydrogen-bond donors (Lipinski definition) is 3. The van der Waals surface area contributed by atoms with Crippen molar-refractivity contribution in [3.63, 3.8) is 0 Å². The van der Waals surface area contributed by atoms with Crippen molar-refractivity contribution in [1.29, 1.82) is 0 Å². The summed E-state index contributed by atoms with van der Waals surface area (Å²) in [5, 5.41) is 8.77. The summed E-state index contributed by atoms with van der Waals surface area (Å²) in [6.07, 6.45) is 0. The first kappa shape index (κ1) is 18.8. The van der Waals surface area contributed by atoms with Crippen molar-refractivity contribution in [3.8, 4) is 0 Å². The van der Waals surface area contributed by atoms with E-state index in [4.69, 9.17) is 11.6 Å². The van der Waals surface area contributed by atoms with Crippen LogP contribution in [0.5, 0.6) is 0 Å². The highest BCUT2D eigenvalue weighted by Gasteiger charge is 2.31. The second kappa shape index (κ2) is 7.72. The molecule has 3 amide bonds. The van der Waals surface area contributed by atoms with Crippen LogP contribution in [0, 0.1) is 0 Å². The van der Waals surface area contributed by atoms with Gasteiger partial charge in [0, 0.05) is 25.5 Å². The van der Waals surface area contributed by atoms with Crippen molar-refractivity contribution >= 4 is 34.9 Å². The minimum atomic E-state index is -0.558. The van der Waals surface area contributed by atoms with Gasteiger partial charge in [0.2, 0.25) is 0 Å². The van der Waals surface area contributed by atoms with Gasteiger partial charge >= 0.3 is 6.03 Å². The number of amides is 3. The van der Waals surface area contributed by atoms with Gasteiger partial charge < -0.3 is 20.9 Å². The molecule has 2 aromatic carbocycles. The lowest BCUT2D eigenvalue weighted by molar-refractivity contribution is -0.113. The van der Waals surface area contributed by atoms with Crippen molar-refractivity contribution < 1.29 is 9.59 Å².